The summed E-state index contributed by atoms with van der Waals surface area (Å²) in [5.74, 6) is 0.847. The maximum Gasteiger partial charge on any atom is 0.226 e. The van der Waals surface area contributed by atoms with Crippen molar-refractivity contribution < 1.29 is 4.79 Å². The van der Waals surface area contributed by atoms with Crippen molar-refractivity contribution in [1.29, 1.82) is 0 Å². The predicted molar refractivity (Wildman–Crippen MR) is 89.6 cm³/mol. The Morgan fingerprint density at radius 3 is 2.96 bits per heavy atom. The van der Waals surface area contributed by atoms with Crippen molar-refractivity contribution in [3.63, 3.8) is 0 Å². The highest BCUT2D eigenvalue weighted by molar-refractivity contribution is 7.13. The van der Waals surface area contributed by atoms with Gasteiger partial charge in [-0.25, -0.2) is 4.98 Å². The summed E-state index contributed by atoms with van der Waals surface area (Å²) < 4.78 is 1.81. The molecule has 0 aromatic carbocycles. The average Bonchev–Trinajstić information content (AvgIpc) is 3.06. The summed E-state index contributed by atoms with van der Waals surface area (Å²) in [5.41, 5.74) is 1.20. The van der Waals surface area contributed by atoms with Crippen molar-refractivity contribution >= 4 is 22.4 Å². The molecule has 122 valence electrons. The van der Waals surface area contributed by atoms with Crippen LogP contribution in [0.5, 0.6) is 0 Å². The molecule has 1 aliphatic carbocycles. The number of carbonyl (C=O) groups excluding carboxylic acids is 1. The van der Waals surface area contributed by atoms with Gasteiger partial charge in [-0.3, -0.25) is 9.48 Å². The lowest BCUT2D eigenvalue weighted by Gasteiger charge is -2.21. The Hall–Kier alpha value is -1.89. The van der Waals surface area contributed by atoms with Gasteiger partial charge in [0, 0.05) is 56.9 Å². The van der Waals surface area contributed by atoms with Crippen molar-refractivity contribution in [2.75, 3.05) is 31.1 Å². The summed E-state index contributed by atoms with van der Waals surface area (Å²) >= 11 is 1.67. The standard InChI is InChI=1S/C16H21N5OS/c1-19-11-12(10-18-19)13-9-14(13)15(22)20-4-2-5-21(7-6-20)16-17-3-8-23-16/h3,8,10-11,13-14H,2,4-7,9H2,1H3/t13-,14+/m1/s1. The Morgan fingerprint density at radius 1 is 1.30 bits per heavy atom. The quantitative estimate of drug-likeness (QED) is 0.859. The number of nitrogens with zero attached hydrogens (tertiary/aromatic N) is 5. The fourth-order valence-electron chi connectivity index (χ4n) is 3.40. The van der Waals surface area contributed by atoms with Gasteiger partial charge in [-0.15, -0.1) is 11.3 Å². The molecule has 2 aliphatic rings. The summed E-state index contributed by atoms with van der Waals surface area (Å²) in [5, 5.41) is 7.29. The van der Waals surface area contributed by atoms with Gasteiger partial charge in [0.05, 0.1) is 6.20 Å². The fourth-order valence-corrected chi connectivity index (χ4v) is 4.10. The number of hydrogen-bond acceptors (Lipinski definition) is 5. The van der Waals surface area contributed by atoms with E-state index in [2.05, 4.69) is 19.9 Å². The molecule has 6 nitrogen and oxygen atoms in total. The summed E-state index contributed by atoms with van der Waals surface area (Å²) in [6.07, 6.45) is 7.75. The fraction of sp³-hybridized carbons (Fsp3) is 0.562. The van der Waals surface area contributed by atoms with Crippen molar-refractivity contribution in [2.24, 2.45) is 13.0 Å². The zero-order valence-corrected chi connectivity index (χ0v) is 14.1. The summed E-state index contributed by atoms with van der Waals surface area (Å²) in [6, 6.07) is 0. The summed E-state index contributed by atoms with van der Waals surface area (Å²) in [4.78, 5) is 21.5. The van der Waals surface area contributed by atoms with Crippen LogP contribution >= 0.6 is 11.3 Å². The third-order valence-corrected chi connectivity index (χ3v) is 5.59. The molecule has 0 bridgehead atoms. The lowest BCUT2D eigenvalue weighted by Crippen LogP contribution is -2.36. The van der Waals surface area contributed by atoms with Gasteiger partial charge in [-0.2, -0.15) is 5.10 Å². The van der Waals surface area contributed by atoms with Gasteiger partial charge in [0.25, 0.3) is 0 Å². The first-order valence-corrected chi connectivity index (χ1v) is 9.02. The minimum absolute atomic E-state index is 0.158. The van der Waals surface area contributed by atoms with Crippen LogP contribution in [0, 0.1) is 5.92 Å². The van der Waals surface area contributed by atoms with Gasteiger partial charge in [0.1, 0.15) is 0 Å². The first-order chi connectivity index (χ1) is 11.2. The van der Waals surface area contributed by atoms with E-state index in [0.717, 1.165) is 44.2 Å². The van der Waals surface area contributed by atoms with E-state index in [9.17, 15) is 4.79 Å². The molecule has 3 heterocycles. The van der Waals surface area contributed by atoms with Gasteiger partial charge < -0.3 is 9.80 Å². The van der Waals surface area contributed by atoms with Crippen LogP contribution in [0.15, 0.2) is 24.0 Å². The van der Waals surface area contributed by atoms with Crippen molar-refractivity contribution in [2.45, 2.75) is 18.8 Å². The number of hydrogen-bond donors (Lipinski definition) is 0. The van der Waals surface area contributed by atoms with Crippen LogP contribution in [0.2, 0.25) is 0 Å². The number of carbonyl (C=O) groups is 1. The highest BCUT2D eigenvalue weighted by Crippen LogP contribution is 2.48. The SMILES string of the molecule is Cn1cc([C@H]2C[C@@H]2C(=O)N2CCCN(c3nccs3)CC2)cn1. The second kappa shape index (κ2) is 5.96. The number of amides is 1. The molecule has 0 radical (unpaired) electrons. The Labute approximate surface area is 139 Å². The highest BCUT2D eigenvalue weighted by atomic mass is 32.1. The number of rotatable bonds is 3. The first-order valence-electron chi connectivity index (χ1n) is 8.14. The Morgan fingerprint density at radius 2 is 2.22 bits per heavy atom. The molecule has 0 spiro atoms. The second-order valence-electron chi connectivity index (χ2n) is 6.38. The molecule has 0 unspecified atom stereocenters. The predicted octanol–water partition coefficient (Wildman–Crippen LogP) is 1.72. The van der Waals surface area contributed by atoms with E-state index < -0.39 is 0 Å². The molecule has 1 saturated carbocycles. The molecule has 2 aromatic heterocycles. The van der Waals surface area contributed by atoms with Crippen molar-refractivity contribution in [3.8, 4) is 0 Å². The Balaban J connectivity index is 1.36. The molecular weight excluding hydrogens is 310 g/mol. The molecule has 0 N–H and O–H groups in total. The van der Waals surface area contributed by atoms with E-state index in [0.29, 0.717) is 11.8 Å². The van der Waals surface area contributed by atoms with E-state index >= 15 is 0 Å². The van der Waals surface area contributed by atoms with Crippen LogP contribution in [0.3, 0.4) is 0 Å². The Kier molecular flexibility index (Phi) is 3.80. The van der Waals surface area contributed by atoms with Crippen LogP contribution in [-0.4, -0.2) is 51.8 Å². The maximum atomic E-state index is 12.8. The van der Waals surface area contributed by atoms with Crippen molar-refractivity contribution in [3.05, 3.63) is 29.5 Å². The van der Waals surface area contributed by atoms with Crippen molar-refractivity contribution in [1.82, 2.24) is 19.7 Å². The van der Waals surface area contributed by atoms with E-state index in [1.54, 1.807) is 11.3 Å². The van der Waals surface area contributed by atoms with E-state index in [1.165, 1.54) is 5.56 Å². The van der Waals surface area contributed by atoms with Crippen LogP contribution in [0.4, 0.5) is 5.13 Å². The molecule has 7 heteroatoms. The number of thiazole rings is 1. The normalized spacial score (nSPS) is 24.6. The molecule has 23 heavy (non-hydrogen) atoms. The van der Waals surface area contributed by atoms with Crippen LogP contribution < -0.4 is 4.90 Å². The summed E-state index contributed by atoms with van der Waals surface area (Å²) in [6.45, 7) is 3.52. The first kappa shape index (κ1) is 14.7. The monoisotopic (exact) mass is 331 g/mol. The molecule has 4 rings (SSSR count). The summed E-state index contributed by atoms with van der Waals surface area (Å²) in [7, 11) is 1.92. The smallest absolute Gasteiger partial charge is 0.226 e. The zero-order chi connectivity index (χ0) is 15.8. The number of aryl methyl sites for hydroxylation is 1. The molecule has 1 saturated heterocycles. The molecule has 2 aromatic rings. The van der Waals surface area contributed by atoms with Crippen LogP contribution in [-0.2, 0) is 11.8 Å². The lowest BCUT2D eigenvalue weighted by molar-refractivity contribution is -0.132. The number of anilines is 1. The molecule has 1 amide bonds. The minimum atomic E-state index is 0.158. The third-order valence-electron chi connectivity index (χ3n) is 4.76. The van der Waals surface area contributed by atoms with Gasteiger partial charge in [0.2, 0.25) is 5.91 Å². The molecule has 2 fully saturated rings. The number of aromatic nitrogens is 3. The highest BCUT2D eigenvalue weighted by Gasteiger charge is 2.46. The third kappa shape index (κ3) is 2.97. The van der Waals surface area contributed by atoms with Gasteiger partial charge >= 0.3 is 0 Å². The van der Waals surface area contributed by atoms with Gasteiger partial charge in [0.15, 0.2) is 5.13 Å². The lowest BCUT2D eigenvalue weighted by atomic mass is 10.2. The van der Waals surface area contributed by atoms with Gasteiger partial charge in [-0.05, 0) is 24.3 Å². The minimum Gasteiger partial charge on any atom is -0.346 e. The van der Waals surface area contributed by atoms with Crippen LogP contribution in [0.25, 0.3) is 0 Å². The molecule has 2 atom stereocenters. The molecule has 1 aliphatic heterocycles. The van der Waals surface area contributed by atoms with Crippen LogP contribution in [0.1, 0.15) is 24.3 Å². The zero-order valence-electron chi connectivity index (χ0n) is 13.3. The molecular formula is C16H21N5OS. The van der Waals surface area contributed by atoms with E-state index in [1.807, 2.05) is 35.7 Å². The van der Waals surface area contributed by atoms with E-state index in [4.69, 9.17) is 0 Å². The average molecular weight is 331 g/mol. The Bertz CT molecular complexity index is 682. The largest absolute Gasteiger partial charge is 0.346 e. The van der Waals surface area contributed by atoms with Gasteiger partial charge in [-0.1, -0.05) is 0 Å². The second-order valence-corrected chi connectivity index (χ2v) is 7.25. The maximum absolute atomic E-state index is 12.8. The topological polar surface area (TPSA) is 54.3 Å². The van der Waals surface area contributed by atoms with E-state index in [-0.39, 0.29) is 5.92 Å².